The zero-order valence-corrected chi connectivity index (χ0v) is 22.2. The molecule has 0 saturated carbocycles. The largest absolute Gasteiger partial charge is 0.376 e. The molecule has 0 N–H and O–H groups in total. The Labute approximate surface area is 213 Å². The molecule has 2 aromatic carbocycles. The predicted molar refractivity (Wildman–Crippen MR) is 146 cm³/mol. The molecule has 3 heterocycles. The van der Waals surface area contributed by atoms with Crippen molar-refractivity contribution >= 4 is 40.3 Å². The summed E-state index contributed by atoms with van der Waals surface area (Å²) in [7, 11) is 2.19. The average molecular weight is 490 g/mol. The zero-order chi connectivity index (χ0) is 24.7. The van der Waals surface area contributed by atoms with Crippen molar-refractivity contribution in [1.82, 2.24) is 4.90 Å². The first-order chi connectivity index (χ1) is 16.7. The van der Waals surface area contributed by atoms with E-state index < -0.39 is 0 Å². The molecule has 0 aliphatic carbocycles. The highest BCUT2D eigenvalue weighted by Gasteiger charge is 2.37. The van der Waals surface area contributed by atoms with Crippen molar-refractivity contribution in [1.29, 1.82) is 0 Å². The lowest BCUT2D eigenvalue weighted by Crippen LogP contribution is -2.45. The number of ether oxygens (including phenoxy) is 1. The number of aliphatic imine (C=N–C) groups is 1. The minimum atomic E-state index is 0.0172. The number of carbonyl (C=O) groups excluding carboxylic acids is 1. The standard InChI is InChI=1S/C29H35N3O2S/c1-19-14-25-24(20(2)17-29(3,4)31(25)5)15-21(19)16-26-27(33)32(18-23-12-9-13-34-23)28(35-26)30-22-10-7-6-8-11-22/h6-8,10-11,14-16,20,23H,9,12-13,17-18H2,1-5H3/b26-16+,30-28?. The number of hydrogen-bond donors (Lipinski definition) is 0. The lowest BCUT2D eigenvalue weighted by atomic mass is 9.79. The maximum atomic E-state index is 13.6. The molecule has 2 aromatic rings. The molecule has 184 valence electrons. The fourth-order valence-electron chi connectivity index (χ4n) is 5.39. The number of nitrogens with zero attached hydrogens (tertiary/aromatic N) is 3. The van der Waals surface area contributed by atoms with Gasteiger partial charge in [-0.1, -0.05) is 25.1 Å². The van der Waals surface area contributed by atoms with Gasteiger partial charge in [-0.05, 0) is 105 Å². The maximum absolute atomic E-state index is 13.6. The van der Waals surface area contributed by atoms with Crippen molar-refractivity contribution in [2.45, 2.75) is 64.5 Å². The van der Waals surface area contributed by atoms with Crippen molar-refractivity contribution in [2.24, 2.45) is 4.99 Å². The quantitative estimate of drug-likeness (QED) is 0.460. The Kier molecular flexibility index (Phi) is 6.53. The number of anilines is 1. The molecule has 2 unspecified atom stereocenters. The van der Waals surface area contributed by atoms with E-state index in [9.17, 15) is 4.79 Å². The topological polar surface area (TPSA) is 45.1 Å². The van der Waals surface area contributed by atoms with Gasteiger partial charge in [0.05, 0.1) is 23.2 Å². The number of carbonyl (C=O) groups is 1. The minimum absolute atomic E-state index is 0.0172. The third-order valence-electron chi connectivity index (χ3n) is 7.59. The first-order valence-corrected chi connectivity index (χ1v) is 13.4. The van der Waals surface area contributed by atoms with Crippen molar-refractivity contribution in [3.63, 3.8) is 0 Å². The molecule has 35 heavy (non-hydrogen) atoms. The number of amidine groups is 1. The maximum Gasteiger partial charge on any atom is 0.266 e. The van der Waals surface area contributed by atoms with Crippen LogP contribution in [0.4, 0.5) is 11.4 Å². The molecule has 3 aliphatic heterocycles. The molecule has 6 heteroatoms. The van der Waals surface area contributed by atoms with Crippen molar-refractivity contribution in [2.75, 3.05) is 25.1 Å². The molecule has 0 spiro atoms. The monoisotopic (exact) mass is 489 g/mol. The average Bonchev–Trinajstić information content (AvgIpc) is 3.43. The fourth-order valence-corrected chi connectivity index (χ4v) is 6.39. The Morgan fingerprint density at radius 2 is 2.00 bits per heavy atom. The summed E-state index contributed by atoms with van der Waals surface area (Å²) in [6.07, 6.45) is 5.27. The molecule has 5 nitrogen and oxygen atoms in total. The Bertz CT molecular complexity index is 1180. The van der Waals surface area contributed by atoms with Gasteiger partial charge in [0.25, 0.3) is 5.91 Å². The molecule has 1 amide bonds. The zero-order valence-electron chi connectivity index (χ0n) is 21.4. The third-order valence-corrected chi connectivity index (χ3v) is 8.59. The number of aryl methyl sites for hydroxylation is 1. The van der Waals surface area contributed by atoms with Crippen LogP contribution in [0.2, 0.25) is 0 Å². The van der Waals surface area contributed by atoms with E-state index in [2.05, 4.69) is 57.9 Å². The molecular formula is C29H35N3O2S. The number of benzene rings is 2. The fraction of sp³-hybridized carbons (Fsp3) is 0.448. The second kappa shape index (κ2) is 9.47. The van der Waals surface area contributed by atoms with Gasteiger partial charge in [0, 0.05) is 24.9 Å². The summed E-state index contributed by atoms with van der Waals surface area (Å²) < 4.78 is 5.85. The highest BCUT2D eigenvalue weighted by Crippen LogP contribution is 2.44. The number of thioether (sulfide) groups is 1. The smallest absolute Gasteiger partial charge is 0.266 e. The summed E-state index contributed by atoms with van der Waals surface area (Å²) in [5.41, 5.74) is 5.92. The van der Waals surface area contributed by atoms with Crippen LogP contribution in [0.1, 0.15) is 62.6 Å². The van der Waals surface area contributed by atoms with Crippen molar-refractivity contribution in [3.8, 4) is 0 Å². The molecule has 0 aromatic heterocycles. The first-order valence-electron chi connectivity index (χ1n) is 12.6. The van der Waals surface area contributed by atoms with Gasteiger partial charge in [0.2, 0.25) is 0 Å². The second-order valence-electron chi connectivity index (χ2n) is 10.6. The molecule has 2 saturated heterocycles. The number of rotatable bonds is 4. The Morgan fingerprint density at radius 1 is 1.23 bits per heavy atom. The summed E-state index contributed by atoms with van der Waals surface area (Å²) in [5, 5.41) is 0.730. The van der Waals surface area contributed by atoms with Gasteiger partial charge in [-0.3, -0.25) is 9.69 Å². The normalized spacial score (nSPS) is 26.1. The predicted octanol–water partition coefficient (Wildman–Crippen LogP) is 6.50. The van der Waals surface area contributed by atoms with E-state index in [4.69, 9.17) is 9.73 Å². The molecule has 0 bridgehead atoms. The van der Waals surface area contributed by atoms with Crippen LogP contribution in [-0.2, 0) is 9.53 Å². The van der Waals surface area contributed by atoms with E-state index in [1.165, 1.54) is 28.6 Å². The minimum Gasteiger partial charge on any atom is -0.376 e. The van der Waals surface area contributed by atoms with E-state index in [1.807, 2.05) is 35.2 Å². The van der Waals surface area contributed by atoms with Crippen LogP contribution in [0.25, 0.3) is 6.08 Å². The molecule has 2 fully saturated rings. The van der Waals surface area contributed by atoms with Gasteiger partial charge in [-0.15, -0.1) is 0 Å². The van der Waals surface area contributed by atoms with E-state index >= 15 is 0 Å². The van der Waals surface area contributed by atoms with Gasteiger partial charge in [0.1, 0.15) is 0 Å². The summed E-state index contributed by atoms with van der Waals surface area (Å²) >= 11 is 1.47. The number of hydrogen-bond acceptors (Lipinski definition) is 5. The van der Waals surface area contributed by atoms with Gasteiger partial charge in [-0.2, -0.15) is 0 Å². The van der Waals surface area contributed by atoms with Gasteiger partial charge in [0.15, 0.2) is 5.17 Å². The van der Waals surface area contributed by atoms with Crippen LogP contribution in [0.15, 0.2) is 52.4 Å². The van der Waals surface area contributed by atoms with Crippen LogP contribution in [0.5, 0.6) is 0 Å². The molecule has 2 atom stereocenters. The highest BCUT2D eigenvalue weighted by molar-refractivity contribution is 8.18. The highest BCUT2D eigenvalue weighted by atomic mass is 32.2. The Morgan fingerprint density at radius 3 is 2.71 bits per heavy atom. The van der Waals surface area contributed by atoms with Crippen molar-refractivity contribution < 1.29 is 9.53 Å². The van der Waals surface area contributed by atoms with E-state index in [0.29, 0.717) is 12.5 Å². The lowest BCUT2D eigenvalue weighted by molar-refractivity contribution is -0.123. The second-order valence-corrected chi connectivity index (χ2v) is 11.6. The SMILES string of the molecule is Cc1cc2c(cc1/C=C1/SC(=Nc3ccccc3)N(CC3CCCO3)C1=O)C(C)CC(C)(C)N2C. The van der Waals surface area contributed by atoms with Crippen LogP contribution >= 0.6 is 11.8 Å². The first kappa shape index (κ1) is 24.1. The number of para-hydroxylation sites is 1. The Hall–Kier alpha value is -2.57. The van der Waals surface area contributed by atoms with Crippen molar-refractivity contribution in [3.05, 3.63) is 64.1 Å². The van der Waals surface area contributed by atoms with Crippen LogP contribution < -0.4 is 4.90 Å². The van der Waals surface area contributed by atoms with Crippen LogP contribution in [0.3, 0.4) is 0 Å². The van der Waals surface area contributed by atoms with Gasteiger partial charge >= 0.3 is 0 Å². The van der Waals surface area contributed by atoms with E-state index in [1.54, 1.807) is 0 Å². The molecule has 3 aliphatic rings. The van der Waals surface area contributed by atoms with E-state index in [-0.39, 0.29) is 17.6 Å². The summed E-state index contributed by atoms with van der Waals surface area (Å²) in [5.74, 6) is 0.482. The summed E-state index contributed by atoms with van der Waals surface area (Å²) in [4.78, 5) is 23.4. The summed E-state index contributed by atoms with van der Waals surface area (Å²) in [6, 6.07) is 14.4. The molecular weight excluding hydrogens is 454 g/mol. The Balaban J connectivity index is 1.50. The van der Waals surface area contributed by atoms with Crippen LogP contribution in [-0.4, -0.2) is 47.8 Å². The van der Waals surface area contributed by atoms with Crippen LogP contribution in [0, 0.1) is 6.92 Å². The van der Waals surface area contributed by atoms with Gasteiger partial charge in [-0.25, -0.2) is 4.99 Å². The number of amides is 1. The molecule has 0 radical (unpaired) electrons. The van der Waals surface area contributed by atoms with Gasteiger partial charge < -0.3 is 9.64 Å². The molecule has 5 rings (SSSR count). The summed E-state index contributed by atoms with van der Waals surface area (Å²) in [6.45, 7) is 10.4. The van der Waals surface area contributed by atoms with E-state index in [0.717, 1.165) is 47.2 Å². The lowest BCUT2D eigenvalue weighted by Gasteiger charge is -2.45. The third kappa shape index (κ3) is 4.78. The number of fused-ring (bicyclic) bond motifs is 1.